The lowest BCUT2D eigenvalue weighted by molar-refractivity contribution is 0.0951. The summed E-state index contributed by atoms with van der Waals surface area (Å²) >= 11 is 4.88. The third-order valence-electron chi connectivity index (χ3n) is 2.46. The number of halogens is 2. The highest BCUT2D eigenvalue weighted by molar-refractivity contribution is 9.10. The van der Waals surface area contributed by atoms with Gasteiger partial charge in [0.2, 0.25) is 0 Å². The van der Waals surface area contributed by atoms with E-state index in [4.69, 9.17) is 4.74 Å². The van der Waals surface area contributed by atoms with Gasteiger partial charge in [-0.05, 0) is 40.2 Å². The van der Waals surface area contributed by atoms with Crippen LogP contribution in [-0.4, -0.2) is 13.0 Å². The third-order valence-corrected chi connectivity index (χ3v) is 4.16. The lowest BCUT2D eigenvalue weighted by atomic mass is 10.2. The van der Waals surface area contributed by atoms with Crippen LogP contribution in [0.25, 0.3) is 0 Å². The predicted octanol–water partition coefficient (Wildman–Crippen LogP) is 3.59. The zero-order valence-corrected chi connectivity index (χ0v) is 12.5. The molecule has 6 heteroatoms. The number of carbonyl (C=O) groups is 1. The molecule has 0 spiro atoms. The second-order valence-electron chi connectivity index (χ2n) is 3.76. The fraction of sp³-hybridized carbons (Fsp3) is 0.154. The SMILES string of the molecule is COc1ccc(C(=O)NCc2cc(Br)cs2)cc1F. The van der Waals surface area contributed by atoms with E-state index in [1.165, 1.54) is 25.3 Å². The van der Waals surface area contributed by atoms with Crippen molar-refractivity contribution >= 4 is 33.2 Å². The molecule has 0 unspecified atom stereocenters. The molecule has 1 aromatic carbocycles. The summed E-state index contributed by atoms with van der Waals surface area (Å²) in [6.45, 7) is 0.419. The maximum absolute atomic E-state index is 13.5. The molecule has 1 amide bonds. The summed E-state index contributed by atoms with van der Waals surface area (Å²) in [7, 11) is 1.38. The van der Waals surface area contributed by atoms with Gasteiger partial charge in [-0.1, -0.05) is 0 Å². The zero-order valence-electron chi connectivity index (χ0n) is 10.1. The number of hydrogen-bond acceptors (Lipinski definition) is 3. The molecule has 1 heterocycles. The van der Waals surface area contributed by atoms with Crippen molar-refractivity contribution in [1.82, 2.24) is 5.32 Å². The van der Waals surface area contributed by atoms with Gasteiger partial charge in [-0.15, -0.1) is 11.3 Å². The Morgan fingerprint density at radius 3 is 2.84 bits per heavy atom. The molecule has 0 bridgehead atoms. The lowest BCUT2D eigenvalue weighted by Crippen LogP contribution is -2.22. The Morgan fingerprint density at radius 2 is 2.26 bits per heavy atom. The van der Waals surface area contributed by atoms with Gasteiger partial charge < -0.3 is 10.1 Å². The van der Waals surface area contributed by atoms with Crippen LogP contribution in [-0.2, 0) is 6.54 Å². The van der Waals surface area contributed by atoms with E-state index in [2.05, 4.69) is 21.2 Å². The van der Waals surface area contributed by atoms with E-state index in [1.54, 1.807) is 11.3 Å². The molecule has 0 fully saturated rings. The van der Waals surface area contributed by atoms with Crippen LogP contribution in [0.15, 0.2) is 34.1 Å². The number of thiophene rings is 1. The van der Waals surface area contributed by atoms with E-state index in [0.717, 1.165) is 9.35 Å². The van der Waals surface area contributed by atoms with Crippen molar-refractivity contribution in [2.45, 2.75) is 6.54 Å². The highest BCUT2D eigenvalue weighted by atomic mass is 79.9. The number of benzene rings is 1. The molecule has 0 saturated heterocycles. The van der Waals surface area contributed by atoms with Crippen LogP contribution in [0.2, 0.25) is 0 Å². The van der Waals surface area contributed by atoms with Gasteiger partial charge in [0.15, 0.2) is 11.6 Å². The number of rotatable bonds is 4. The van der Waals surface area contributed by atoms with Crippen LogP contribution in [0.1, 0.15) is 15.2 Å². The smallest absolute Gasteiger partial charge is 0.251 e. The van der Waals surface area contributed by atoms with Gasteiger partial charge in [0.1, 0.15) is 0 Å². The Morgan fingerprint density at radius 1 is 1.47 bits per heavy atom. The summed E-state index contributed by atoms with van der Waals surface area (Å²) in [4.78, 5) is 12.9. The van der Waals surface area contributed by atoms with Gasteiger partial charge in [-0.2, -0.15) is 0 Å². The Kier molecular flexibility index (Phi) is 4.55. The molecule has 100 valence electrons. The maximum atomic E-state index is 13.5. The number of ether oxygens (including phenoxy) is 1. The summed E-state index contributed by atoms with van der Waals surface area (Å²) in [5.41, 5.74) is 0.272. The second-order valence-corrected chi connectivity index (χ2v) is 5.67. The minimum absolute atomic E-state index is 0.124. The third kappa shape index (κ3) is 3.54. The van der Waals surface area contributed by atoms with Gasteiger partial charge in [0.05, 0.1) is 13.7 Å². The number of carbonyl (C=O) groups excluding carboxylic acids is 1. The first-order chi connectivity index (χ1) is 9.10. The normalized spacial score (nSPS) is 10.3. The summed E-state index contributed by atoms with van der Waals surface area (Å²) in [6, 6.07) is 6.06. The molecule has 0 aliphatic carbocycles. The monoisotopic (exact) mass is 343 g/mol. The Labute approximate surface area is 122 Å². The summed E-state index contributed by atoms with van der Waals surface area (Å²) in [5, 5.41) is 4.68. The summed E-state index contributed by atoms with van der Waals surface area (Å²) in [5.74, 6) is -0.737. The average molecular weight is 344 g/mol. The van der Waals surface area contributed by atoms with Crippen LogP contribution in [0, 0.1) is 5.82 Å². The molecule has 0 aliphatic heterocycles. The summed E-state index contributed by atoms with van der Waals surface area (Å²) < 4.78 is 19.3. The minimum Gasteiger partial charge on any atom is -0.494 e. The molecule has 19 heavy (non-hydrogen) atoms. The quantitative estimate of drug-likeness (QED) is 0.921. The topological polar surface area (TPSA) is 38.3 Å². The van der Waals surface area contributed by atoms with Crippen LogP contribution in [0.3, 0.4) is 0 Å². The largest absolute Gasteiger partial charge is 0.494 e. The number of amides is 1. The fourth-order valence-electron chi connectivity index (χ4n) is 1.52. The molecular formula is C13H11BrFNO2S. The van der Waals surface area contributed by atoms with E-state index in [0.29, 0.717) is 6.54 Å². The first-order valence-electron chi connectivity index (χ1n) is 5.45. The highest BCUT2D eigenvalue weighted by Gasteiger charge is 2.10. The fourth-order valence-corrected chi connectivity index (χ4v) is 2.91. The molecular weight excluding hydrogens is 333 g/mol. The van der Waals surface area contributed by atoms with Crippen molar-refractivity contribution in [3.05, 3.63) is 50.4 Å². The van der Waals surface area contributed by atoms with Gasteiger partial charge >= 0.3 is 0 Å². The molecule has 1 aromatic heterocycles. The minimum atomic E-state index is -0.547. The molecule has 0 radical (unpaired) electrons. The lowest BCUT2D eigenvalue weighted by Gasteiger charge is -2.06. The van der Waals surface area contributed by atoms with E-state index >= 15 is 0 Å². The van der Waals surface area contributed by atoms with Crippen molar-refractivity contribution < 1.29 is 13.9 Å². The molecule has 0 saturated carbocycles. The van der Waals surface area contributed by atoms with Gasteiger partial charge in [-0.3, -0.25) is 4.79 Å². The van der Waals surface area contributed by atoms with Crippen LogP contribution >= 0.6 is 27.3 Å². The molecule has 3 nitrogen and oxygen atoms in total. The van der Waals surface area contributed by atoms with Crippen molar-refractivity contribution in [2.24, 2.45) is 0 Å². The Hall–Kier alpha value is -1.40. The molecule has 1 N–H and O–H groups in total. The standard InChI is InChI=1S/C13H11BrFNO2S/c1-18-12-3-2-8(4-11(12)15)13(17)16-6-10-5-9(14)7-19-10/h2-5,7H,6H2,1H3,(H,16,17). The Bertz CT molecular complexity index is 600. The maximum Gasteiger partial charge on any atom is 0.251 e. The van der Waals surface area contributed by atoms with E-state index in [-0.39, 0.29) is 17.2 Å². The van der Waals surface area contributed by atoms with Gasteiger partial charge in [0.25, 0.3) is 5.91 Å². The van der Waals surface area contributed by atoms with Gasteiger partial charge in [0, 0.05) is 20.3 Å². The van der Waals surface area contributed by atoms with E-state index in [9.17, 15) is 9.18 Å². The van der Waals surface area contributed by atoms with Crippen molar-refractivity contribution in [3.63, 3.8) is 0 Å². The van der Waals surface area contributed by atoms with Crippen molar-refractivity contribution in [3.8, 4) is 5.75 Å². The summed E-state index contributed by atoms with van der Waals surface area (Å²) in [6.07, 6.45) is 0. The average Bonchev–Trinajstić information content (AvgIpc) is 2.81. The molecule has 2 aromatic rings. The van der Waals surface area contributed by atoms with Crippen LogP contribution < -0.4 is 10.1 Å². The molecule has 0 aliphatic rings. The van der Waals surface area contributed by atoms with Crippen LogP contribution in [0.5, 0.6) is 5.75 Å². The van der Waals surface area contributed by atoms with Crippen molar-refractivity contribution in [2.75, 3.05) is 7.11 Å². The first kappa shape index (κ1) is 14.0. The molecule has 2 rings (SSSR count). The van der Waals surface area contributed by atoms with Gasteiger partial charge in [-0.25, -0.2) is 4.39 Å². The number of methoxy groups -OCH3 is 1. The van der Waals surface area contributed by atoms with E-state index in [1.807, 2.05) is 11.4 Å². The Balaban J connectivity index is 2.01. The predicted molar refractivity (Wildman–Crippen MR) is 76.1 cm³/mol. The second kappa shape index (κ2) is 6.16. The zero-order chi connectivity index (χ0) is 13.8. The first-order valence-corrected chi connectivity index (χ1v) is 7.12. The molecule has 0 atom stereocenters. The van der Waals surface area contributed by atoms with Crippen LogP contribution in [0.4, 0.5) is 4.39 Å². The highest BCUT2D eigenvalue weighted by Crippen LogP contribution is 2.20. The number of nitrogens with one attached hydrogen (secondary N) is 1. The van der Waals surface area contributed by atoms with Crippen molar-refractivity contribution in [1.29, 1.82) is 0 Å². The number of hydrogen-bond donors (Lipinski definition) is 1. The van der Waals surface area contributed by atoms with E-state index < -0.39 is 5.82 Å².